The van der Waals surface area contributed by atoms with Gasteiger partial charge < -0.3 is 10.4 Å². The lowest BCUT2D eigenvalue weighted by molar-refractivity contribution is -0.141. The average Bonchev–Trinajstić information content (AvgIpc) is 2.43. The normalized spacial score (nSPS) is 11.9. The zero-order chi connectivity index (χ0) is 15.1. The number of carbonyl (C=O) groups is 2. The first-order valence-corrected chi connectivity index (χ1v) is 7.90. The summed E-state index contributed by atoms with van der Waals surface area (Å²) in [6.45, 7) is 2.10. The molecule has 0 saturated heterocycles. The van der Waals surface area contributed by atoms with Gasteiger partial charge in [0.2, 0.25) is 0 Å². The Balaban J connectivity index is 2.49. The summed E-state index contributed by atoms with van der Waals surface area (Å²) in [6.07, 6.45) is 3.09. The lowest BCUT2D eigenvalue weighted by Gasteiger charge is -2.09. The Morgan fingerprint density at radius 2 is 2.15 bits per heavy atom. The molecule has 20 heavy (non-hydrogen) atoms. The van der Waals surface area contributed by atoms with Gasteiger partial charge in [0.15, 0.2) is 0 Å². The van der Waals surface area contributed by atoms with E-state index in [0.717, 1.165) is 4.90 Å². The maximum atomic E-state index is 12.0. The van der Waals surface area contributed by atoms with Crippen molar-refractivity contribution in [2.75, 3.05) is 12.8 Å². The summed E-state index contributed by atoms with van der Waals surface area (Å²) in [5, 5.41) is 11.9. The summed E-state index contributed by atoms with van der Waals surface area (Å²) >= 11 is 7.55. The Hall–Kier alpha value is -1.20. The highest BCUT2D eigenvalue weighted by Gasteiger charge is 2.12. The maximum absolute atomic E-state index is 12.0. The molecule has 1 aromatic carbocycles. The molecule has 0 saturated carbocycles. The second-order valence-corrected chi connectivity index (χ2v) is 5.77. The minimum absolute atomic E-state index is 0.228. The minimum atomic E-state index is -0.813. The third-order valence-corrected chi connectivity index (χ3v) is 3.99. The van der Waals surface area contributed by atoms with Crippen LogP contribution in [0.5, 0.6) is 0 Å². The van der Waals surface area contributed by atoms with E-state index < -0.39 is 11.9 Å². The van der Waals surface area contributed by atoms with E-state index in [0.29, 0.717) is 30.0 Å². The molecular formula is C14H18ClNO3S. The topological polar surface area (TPSA) is 66.4 Å². The number of amides is 1. The Morgan fingerprint density at radius 3 is 2.75 bits per heavy atom. The van der Waals surface area contributed by atoms with Crippen LogP contribution in [0, 0.1) is 5.92 Å². The average molecular weight is 316 g/mol. The minimum Gasteiger partial charge on any atom is -0.481 e. The molecule has 1 aromatic rings. The van der Waals surface area contributed by atoms with Gasteiger partial charge in [-0.15, -0.1) is 11.8 Å². The van der Waals surface area contributed by atoms with Gasteiger partial charge in [-0.3, -0.25) is 9.59 Å². The van der Waals surface area contributed by atoms with Crippen LogP contribution in [-0.4, -0.2) is 29.8 Å². The Labute approximate surface area is 127 Å². The summed E-state index contributed by atoms with van der Waals surface area (Å²) < 4.78 is 0. The van der Waals surface area contributed by atoms with E-state index in [1.54, 1.807) is 30.8 Å². The van der Waals surface area contributed by atoms with Crippen molar-refractivity contribution in [3.05, 3.63) is 28.8 Å². The van der Waals surface area contributed by atoms with Gasteiger partial charge >= 0.3 is 5.97 Å². The number of thioether (sulfide) groups is 1. The number of aliphatic carboxylic acids is 1. The van der Waals surface area contributed by atoms with Crippen LogP contribution >= 0.6 is 23.4 Å². The van der Waals surface area contributed by atoms with E-state index in [4.69, 9.17) is 16.7 Å². The second-order valence-electron chi connectivity index (χ2n) is 4.48. The van der Waals surface area contributed by atoms with Crippen LogP contribution < -0.4 is 5.32 Å². The number of nitrogens with one attached hydrogen (secondary N) is 1. The van der Waals surface area contributed by atoms with Gasteiger partial charge in [0.1, 0.15) is 0 Å². The number of halogens is 1. The SMILES string of the molecule is CSc1ccc(Cl)c(C(=O)NCCCC(C)C(=O)O)c1. The first-order valence-electron chi connectivity index (χ1n) is 6.30. The zero-order valence-electron chi connectivity index (χ0n) is 11.5. The first kappa shape index (κ1) is 16.9. The van der Waals surface area contributed by atoms with Crippen LogP contribution in [0.15, 0.2) is 23.1 Å². The third kappa shape index (κ3) is 5.06. The van der Waals surface area contributed by atoms with Gasteiger partial charge in [0, 0.05) is 11.4 Å². The molecule has 0 aliphatic rings. The largest absolute Gasteiger partial charge is 0.481 e. The zero-order valence-corrected chi connectivity index (χ0v) is 13.1. The van der Waals surface area contributed by atoms with Gasteiger partial charge in [-0.25, -0.2) is 0 Å². The van der Waals surface area contributed by atoms with Gasteiger partial charge in [0.05, 0.1) is 16.5 Å². The molecule has 6 heteroatoms. The molecule has 0 radical (unpaired) electrons. The van der Waals surface area contributed by atoms with E-state index in [1.165, 1.54) is 0 Å². The third-order valence-electron chi connectivity index (χ3n) is 2.94. The van der Waals surface area contributed by atoms with Gasteiger partial charge in [0.25, 0.3) is 5.91 Å². The van der Waals surface area contributed by atoms with Crippen molar-refractivity contribution >= 4 is 35.2 Å². The Bertz CT molecular complexity index is 493. The number of benzene rings is 1. The molecule has 1 rings (SSSR count). The van der Waals surface area contributed by atoms with Crippen LogP contribution in [0.1, 0.15) is 30.1 Å². The number of carboxylic acids is 1. The fraction of sp³-hybridized carbons (Fsp3) is 0.429. The lowest BCUT2D eigenvalue weighted by atomic mass is 10.1. The quantitative estimate of drug-likeness (QED) is 0.598. The van der Waals surface area contributed by atoms with Crippen LogP contribution in [0.4, 0.5) is 0 Å². The highest BCUT2D eigenvalue weighted by molar-refractivity contribution is 7.98. The number of carbonyl (C=O) groups excluding carboxylic acids is 1. The molecule has 0 fully saturated rings. The smallest absolute Gasteiger partial charge is 0.306 e. The molecule has 0 aliphatic heterocycles. The van der Waals surface area contributed by atoms with Crippen molar-refractivity contribution in [3.8, 4) is 0 Å². The maximum Gasteiger partial charge on any atom is 0.306 e. The number of hydrogen-bond donors (Lipinski definition) is 2. The standard InChI is InChI=1S/C14H18ClNO3S/c1-9(14(18)19)4-3-7-16-13(17)11-8-10(20-2)5-6-12(11)15/h5-6,8-9H,3-4,7H2,1-2H3,(H,16,17)(H,18,19). The monoisotopic (exact) mass is 315 g/mol. The number of hydrogen-bond acceptors (Lipinski definition) is 3. The number of carboxylic acid groups (broad SMARTS) is 1. The Kier molecular flexibility index (Phi) is 6.88. The van der Waals surface area contributed by atoms with Gasteiger partial charge in [-0.1, -0.05) is 18.5 Å². The van der Waals surface area contributed by atoms with E-state index in [1.807, 2.05) is 12.3 Å². The fourth-order valence-electron chi connectivity index (χ4n) is 1.63. The van der Waals surface area contributed by atoms with Crippen LogP contribution in [0.25, 0.3) is 0 Å². The molecule has 1 unspecified atom stereocenters. The summed E-state index contributed by atoms with van der Waals surface area (Å²) in [5.74, 6) is -1.43. The molecule has 0 spiro atoms. The van der Waals surface area contributed by atoms with Gasteiger partial charge in [-0.2, -0.15) is 0 Å². The highest BCUT2D eigenvalue weighted by atomic mass is 35.5. The molecular weight excluding hydrogens is 298 g/mol. The van der Waals surface area contributed by atoms with Crippen LogP contribution in [-0.2, 0) is 4.79 Å². The predicted octanol–water partition coefficient (Wildman–Crippen LogP) is 3.29. The van der Waals surface area contributed by atoms with E-state index in [-0.39, 0.29) is 5.91 Å². The molecule has 0 aliphatic carbocycles. The molecule has 0 bridgehead atoms. The summed E-state index contributed by atoms with van der Waals surface area (Å²) in [6, 6.07) is 5.31. The summed E-state index contributed by atoms with van der Waals surface area (Å²) in [7, 11) is 0. The molecule has 2 N–H and O–H groups in total. The van der Waals surface area contributed by atoms with Crippen molar-refractivity contribution in [2.45, 2.75) is 24.7 Å². The van der Waals surface area contributed by atoms with E-state index in [2.05, 4.69) is 5.32 Å². The van der Waals surface area contributed by atoms with Crippen molar-refractivity contribution in [1.82, 2.24) is 5.32 Å². The lowest BCUT2D eigenvalue weighted by Crippen LogP contribution is -2.25. The summed E-state index contributed by atoms with van der Waals surface area (Å²) in [5.41, 5.74) is 0.449. The first-order chi connectivity index (χ1) is 9.45. The van der Waals surface area contributed by atoms with Crippen LogP contribution in [0.2, 0.25) is 5.02 Å². The summed E-state index contributed by atoms with van der Waals surface area (Å²) in [4.78, 5) is 23.6. The van der Waals surface area contributed by atoms with Gasteiger partial charge in [-0.05, 0) is 37.3 Å². The molecule has 1 amide bonds. The fourth-order valence-corrected chi connectivity index (χ4v) is 2.28. The second kappa shape index (κ2) is 8.17. The van der Waals surface area contributed by atoms with Crippen molar-refractivity contribution in [1.29, 1.82) is 0 Å². The molecule has 4 nitrogen and oxygen atoms in total. The molecule has 1 atom stereocenters. The predicted molar refractivity (Wildman–Crippen MR) is 81.6 cm³/mol. The molecule has 110 valence electrons. The Morgan fingerprint density at radius 1 is 1.45 bits per heavy atom. The van der Waals surface area contributed by atoms with Crippen molar-refractivity contribution < 1.29 is 14.7 Å². The van der Waals surface area contributed by atoms with Crippen LogP contribution in [0.3, 0.4) is 0 Å². The molecule has 0 heterocycles. The molecule has 0 aromatic heterocycles. The van der Waals surface area contributed by atoms with E-state index >= 15 is 0 Å². The highest BCUT2D eigenvalue weighted by Crippen LogP contribution is 2.22. The van der Waals surface area contributed by atoms with Crippen molar-refractivity contribution in [3.63, 3.8) is 0 Å². The van der Waals surface area contributed by atoms with Crippen molar-refractivity contribution in [2.24, 2.45) is 5.92 Å². The number of rotatable bonds is 7. The van der Waals surface area contributed by atoms with E-state index in [9.17, 15) is 9.59 Å².